The molecule has 116 valence electrons. The number of hydrogen-bond acceptors (Lipinski definition) is 3. The average Bonchev–Trinajstić information content (AvgIpc) is 2.90. The van der Waals surface area contributed by atoms with Crippen LogP contribution >= 0.6 is 0 Å². The second-order valence-electron chi connectivity index (χ2n) is 5.19. The molecule has 3 rings (SSSR count). The van der Waals surface area contributed by atoms with Crippen molar-refractivity contribution < 1.29 is 14.7 Å². The van der Waals surface area contributed by atoms with Gasteiger partial charge in [-0.15, -0.1) is 0 Å². The van der Waals surface area contributed by atoms with Crippen LogP contribution in [0.1, 0.15) is 16.1 Å². The highest BCUT2D eigenvalue weighted by molar-refractivity contribution is 6.43. The summed E-state index contributed by atoms with van der Waals surface area (Å²) in [7, 11) is 0. The third kappa shape index (κ3) is 2.51. The zero-order valence-electron chi connectivity index (χ0n) is 12.4. The van der Waals surface area contributed by atoms with E-state index in [4.69, 9.17) is 5.73 Å². The maximum atomic E-state index is 12.4. The molecule has 0 saturated carbocycles. The Morgan fingerprint density at radius 1 is 1.04 bits per heavy atom. The highest BCUT2D eigenvalue weighted by Crippen LogP contribution is 2.34. The minimum Gasteiger partial charge on any atom is -0.396 e. The van der Waals surface area contributed by atoms with Gasteiger partial charge in [-0.05, 0) is 29.7 Å². The molecule has 2 heterocycles. The number of ketones is 1. The number of Topliss-reactive ketones (excluding diaryl/α,β-unsaturated/α-hetero) is 1. The Labute approximate surface area is 133 Å². The summed E-state index contributed by atoms with van der Waals surface area (Å²) >= 11 is 0. The van der Waals surface area contributed by atoms with Crippen LogP contribution in [0.25, 0.3) is 16.6 Å². The van der Waals surface area contributed by atoms with Crippen molar-refractivity contribution in [2.75, 3.05) is 6.61 Å². The van der Waals surface area contributed by atoms with E-state index in [2.05, 4.69) is 0 Å². The molecule has 0 aliphatic heterocycles. The van der Waals surface area contributed by atoms with Gasteiger partial charge in [0.15, 0.2) is 0 Å². The van der Waals surface area contributed by atoms with Crippen LogP contribution in [0.3, 0.4) is 0 Å². The lowest BCUT2D eigenvalue weighted by Crippen LogP contribution is -2.25. The average molecular weight is 308 g/mol. The summed E-state index contributed by atoms with van der Waals surface area (Å²) in [6, 6.07) is 14.8. The maximum Gasteiger partial charge on any atom is 0.291 e. The summed E-state index contributed by atoms with van der Waals surface area (Å²) in [6.45, 7) is -0.0569. The number of nitrogens with two attached hydrogens (primary N) is 1. The number of nitrogens with zero attached hydrogens (tertiary/aromatic N) is 1. The molecular weight excluding hydrogens is 292 g/mol. The molecule has 0 saturated heterocycles. The molecule has 0 fully saturated rings. The molecule has 0 unspecified atom stereocenters. The first-order valence-corrected chi connectivity index (χ1v) is 7.27. The number of pyridine rings is 1. The minimum absolute atomic E-state index is 0.0569. The smallest absolute Gasteiger partial charge is 0.291 e. The zero-order valence-corrected chi connectivity index (χ0v) is 12.4. The van der Waals surface area contributed by atoms with Gasteiger partial charge >= 0.3 is 0 Å². The SMILES string of the molecule is NC(=O)C(=O)c1c(-c2ccccc2)c(CCO)c2ccccn12. The summed E-state index contributed by atoms with van der Waals surface area (Å²) in [5.41, 5.74) is 8.54. The fourth-order valence-electron chi connectivity index (χ4n) is 2.90. The monoisotopic (exact) mass is 308 g/mol. The van der Waals surface area contributed by atoms with Gasteiger partial charge in [-0.1, -0.05) is 36.4 Å². The number of fused-ring (bicyclic) bond motifs is 1. The highest BCUT2D eigenvalue weighted by Gasteiger charge is 2.26. The largest absolute Gasteiger partial charge is 0.396 e. The topological polar surface area (TPSA) is 84.8 Å². The number of hydrogen-bond donors (Lipinski definition) is 2. The quantitative estimate of drug-likeness (QED) is 0.557. The van der Waals surface area contributed by atoms with Crippen LogP contribution in [0.4, 0.5) is 0 Å². The first-order valence-electron chi connectivity index (χ1n) is 7.27. The molecule has 2 aromatic heterocycles. The van der Waals surface area contributed by atoms with E-state index in [1.165, 1.54) is 0 Å². The zero-order chi connectivity index (χ0) is 16.4. The summed E-state index contributed by atoms with van der Waals surface area (Å²) < 4.78 is 1.67. The van der Waals surface area contributed by atoms with Gasteiger partial charge in [0.1, 0.15) is 5.69 Å². The molecule has 0 aliphatic carbocycles. The number of amides is 1. The number of aliphatic hydroxyl groups is 1. The van der Waals surface area contributed by atoms with Gasteiger partial charge < -0.3 is 15.2 Å². The molecule has 3 aromatic rings. The Kier molecular flexibility index (Phi) is 3.95. The van der Waals surface area contributed by atoms with E-state index in [0.29, 0.717) is 12.0 Å². The Morgan fingerprint density at radius 3 is 2.39 bits per heavy atom. The number of carbonyl (C=O) groups excluding carboxylic acids is 2. The molecule has 0 spiro atoms. The molecule has 1 aromatic carbocycles. The van der Waals surface area contributed by atoms with Crippen LogP contribution in [-0.2, 0) is 11.2 Å². The van der Waals surface area contributed by atoms with Crippen molar-refractivity contribution in [2.24, 2.45) is 5.73 Å². The van der Waals surface area contributed by atoms with Gasteiger partial charge in [0, 0.05) is 23.9 Å². The van der Waals surface area contributed by atoms with Gasteiger partial charge in [0.05, 0.1) is 0 Å². The van der Waals surface area contributed by atoms with Gasteiger partial charge in [-0.3, -0.25) is 9.59 Å². The number of aliphatic hydroxyl groups excluding tert-OH is 1. The number of carbonyl (C=O) groups is 2. The molecule has 3 N–H and O–H groups in total. The lowest BCUT2D eigenvalue weighted by molar-refractivity contribution is -0.114. The predicted octanol–water partition coefficient (Wildman–Crippen LogP) is 1.81. The molecule has 5 nitrogen and oxygen atoms in total. The van der Waals surface area contributed by atoms with E-state index in [1.807, 2.05) is 42.5 Å². The second-order valence-corrected chi connectivity index (χ2v) is 5.19. The Balaban J connectivity index is 2.43. The van der Waals surface area contributed by atoms with Gasteiger partial charge in [-0.25, -0.2) is 0 Å². The van der Waals surface area contributed by atoms with Crippen molar-refractivity contribution in [1.82, 2.24) is 4.40 Å². The standard InChI is InChI=1S/C18H16N2O3/c19-18(23)17(22)16-15(12-6-2-1-3-7-12)13(9-11-21)14-8-4-5-10-20(14)16/h1-8,10,21H,9,11H2,(H2,19,23). The van der Waals surface area contributed by atoms with Crippen LogP contribution in [0.2, 0.25) is 0 Å². The van der Waals surface area contributed by atoms with Gasteiger partial charge in [0.25, 0.3) is 11.7 Å². The van der Waals surface area contributed by atoms with Gasteiger partial charge in [0.2, 0.25) is 0 Å². The Hall–Kier alpha value is -2.92. The fraction of sp³-hybridized carbons (Fsp3) is 0.111. The molecule has 23 heavy (non-hydrogen) atoms. The molecular formula is C18H16N2O3. The van der Waals surface area contributed by atoms with E-state index in [-0.39, 0.29) is 12.3 Å². The van der Waals surface area contributed by atoms with E-state index < -0.39 is 11.7 Å². The molecule has 0 radical (unpaired) electrons. The van der Waals surface area contributed by atoms with Crippen molar-refractivity contribution in [3.05, 3.63) is 66.0 Å². The highest BCUT2D eigenvalue weighted by atomic mass is 16.3. The number of benzene rings is 1. The molecule has 0 atom stereocenters. The number of rotatable bonds is 5. The summed E-state index contributed by atoms with van der Waals surface area (Å²) in [4.78, 5) is 23.9. The van der Waals surface area contributed by atoms with Crippen molar-refractivity contribution in [1.29, 1.82) is 0 Å². The lowest BCUT2D eigenvalue weighted by Gasteiger charge is -2.06. The Morgan fingerprint density at radius 2 is 1.74 bits per heavy atom. The molecule has 5 heteroatoms. The second kappa shape index (κ2) is 6.06. The maximum absolute atomic E-state index is 12.4. The van der Waals surface area contributed by atoms with Gasteiger partial charge in [-0.2, -0.15) is 0 Å². The number of aromatic nitrogens is 1. The third-order valence-electron chi connectivity index (χ3n) is 3.81. The van der Waals surface area contributed by atoms with E-state index in [1.54, 1.807) is 16.7 Å². The van der Waals surface area contributed by atoms with Crippen LogP contribution in [-0.4, -0.2) is 27.8 Å². The molecule has 0 aliphatic rings. The van der Waals surface area contributed by atoms with E-state index >= 15 is 0 Å². The van der Waals surface area contributed by atoms with Crippen LogP contribution in [0.15, 0.2) is 54.7 Å². The minimum atomic E-state index is -0.999. The van der Waals surface area contributed by atoms with Crippen molar-refractivity contribution in [3.8, 4) is 11.1 Å². The summed E-state index contributed by atoms with van der Waals surface area (Å²) in [5.74, 6) is -1.74. The van der Waals surface area contributed by atoms with Crippen molar-refractivity contribution >= 4 is 17.2 Å². The predicted molar refractivity (Wildman–Crippen MR) is 87.1 cm³/mol. The Bertz CT molecular complexity index is 882. The van der Waals surface area contributed by atoms with Crippen LogP contribution in [0, 0.1) is 0 Å². The molecule has 0 bridgehead atoms. The van der Waals surface area contributed by atoms with Crippen molar-refractivity contribution in [3.63, 3.8) is 0 Å². The number of primary amides is 1. The lowest BCUT2D eigenvalue weighted by atomic mass is 9.97. The fourth-order valence-corrected chi connectivity index (χ4v) is 2.90. The van der Waals surface area contributed by atoms with E-state index in [9.17, 15) is 14.7 Å². The third-order valence-corrected chi connectivity index (χ3v) is 3.81. The molecule has 1 amide bonds. The van der Waals surface area contributed by atoms with Crippen molar-refractivity contribution in [2.45, 2.75) is 6.42 Å². The first kappa shape index (κ1) is 15.0. The van der Waals surface area contributed by atoms with Crippen LogP contribution < -0.4 is 5.73 Å². The van der Waals surface area contributed by atoms with Crippen LogP contribution in [0.5, 0.6) is 0 Å². The van der Waals surface area contributed by atoms with E-state index in [0.717, 1.165) is 16.6 Å². The normalized spacial score (nSPS) is 10.8. The summed E-state index contributed by atoms with van der Waals surface area (Å²) in [6.07, 6.45) is 2.10. The summed E-state index contributed by atoms with van der Waals surface area (Å²) in [5, 5.41) is 9.42. The first-order chi connectivity index (χ1) is 11.1.